The van der Waals surface area contributed by atoms with E-state index in [1.54, 1.807) is 38.6 Å². The highest BCUT2D eigenvalue weighted by molar-refractivity contribution is 6.76. The van der Waals surface area contributed by atoms with E-state index >= 15 is 4.39 Å². The second-order valence-corrected chi connectivity index (χ2v) is 17.4. The van der Waals surface area contributed by atoms with Crippen LogP contribution in [0, 0.1) is 11.7 Å². The minimum absolute atomic E-state index is 0.0232. The molecule has 6 rings (SSSR count). The summed E-state index contributed by atoms with van der Waals surface area (Å²) >= 11 is 0. The number of hydrogen-bond donors (Lipinski definition) is 0. The molecule has 0 radical (unpaired) electrons. The largest absolute Gasteiger partial charge is 0.447 e. The fourth-order valence-electron chi connectivity index (χ4n) is 5.55. The molecule has 1 aromatic carbocycles. The first kappa shape index (κ1) is 26.6. The number of rotatable bonds is 9. The maximum Gasteiger partial charge on any atom is 0.415 e. The summed E-state index contributed by atoms with van der Waals surface area (Å²) in [4.78, 5) is 23.5. The summed E-state index contributed by atoms with van der Waals surface area (Å²) in [5, 5.41) is 8.64. The van der Waals surface area contributed by atoms with Crippen LogP contribution in [0.15, 0.2) is 43.0 Å². The van der Waals surface area contributed by atoms with E-state index < -0.39 is 13.9 Å². The van der Waals surface area contributed by atoms with Gasteiger partial charge in [-0.1, -0.05) is 38.5 Å². The molecular formula is C28H34FN7O3Si. The maximum absolute atomic E-state index is 15.5. The zero-order valence-electron chi connectivity index (χ0n) is 23.1. The van der Waals surface area contributed by atoms with E-state index in [0.717, 1.165) is 18.9 Å². The maximum atomic E-state index is 15.5. The molecule has 1 amide bonds. The lowest BCUT2D eigenvalue weighted by molar-refractivity contribution is 0.0796. The third kappa shape index (κ3) is 5.25. The molecule has 210 valence electrons. The Morgan fingerprint density at radius 3 is 2.73 bits per heavy atom. The number of amides is 1. The highest BCUT2D eigenvalue weighted by atomic mass is 28.3. The van der Waals surface area contributed by atoms with Gasteiger partial charge in [-0.25, -0.2) is 28.4 Å². The van der Waals surface area contributed by atoms with Crippen LogP contribution < -0.4 is 4.90 Å². The van der Waals surface area contributed by atoms with Crippen molar-refractivity contribution < 1.29 is 18.7 Å². The molecule has 3 aromatic heterocycles. The van der Waals surface area contributed by atoms with Crippen LogP contribution in [-0.4, -0.2) is 62.8 Å². The number of hydrogen-bond acceptors (Lipinski definition) is 7. The van der Waals surface area contributed by atoms with Crippen molar-refractivity contribution in [2.45, 2.75) is 64.1 Å². The second-order valence-electron chi connectivity index (χ2n) is 11.8. The summed E-state index contributed by atoms with van der Waals surface area (Å²) in [6.45, 7) is 8.11. The van der Waals surface area contributed by atoms with E-state index in [2.05, 4.69) is 34.8 Å². The Labute approximate surface area is 233 Å². The molecule has 40 heavy (non-hydrogen) atoms. The highest BCUT2D eigenvalue weighted by Crippen LogP contribution is 2.36. The molecule has 1 atom stereocenters. The summed E-state index contributed by atoms with van der Waals surface area (Å²) < 4.78 is 29.9. The van der Waals surface area contributed by atoms with Crippen molar-refractivity contribution in [2.75, 3.05) is 18.1 Å². The van der Waals surface area contributed by atoms with Crippen molar-refractivity contribution in [2.24, 2.45) is 5.92 Å². The Morgan fingerprint density at radius 2 is 1.95 bits per heavy atom. The van der Waals surface area contributed by atoms with Crippen molar-refractivity contribution >= 4 is 25.6 Å². The molecule has 1 saturated heterocycles. The topological polar surface area (TPSA) is 99.7 Å². The Balaban J connectivity index is 1.26. The molecule has 0 bridgehead atoms. The van der Waals surface area contributed by atoms with Gasteiger partial charge in [0.05, 0.1) is 17.8 Å². The van der Waals surface area contributed by atoms with E-state index in [9.17, 15) is 4.79 Å². The number of nitrogens with zero attached hydrogens (tertiary/aromatic N) is 7. The SMILES string of the molecule is C[Si](C)(C)CCOCn1ncnc1-c1ccc(-c2cnn3ccc(N4C(=O)OC[C@@H]4C4CCCC4)nc23)cc1F. The predicted octanol–water partition coefficient (Wildman–Crippen LogP) is 5.62. The molecule has 0 spiro atoms. The van der Waals surface area contributed by atoms with E-state index in [1.807, 2.05) is 6.07 Å². The minimum atomic E-state index is -1.21. The molecule has 0 N–H and O–H groups in total. The zero-order chi connectivity index (χ0) is 27.9. The van der Waals surface area contributed by atoms with Crippen LogP contribution in [-0.2, 0) is 16.2 Å². The molecule has 1 saturated carbocycles. The summed E-state index contributed by atoms with van der Waals surface area (Å²) in [5.41, 5.74) is 2.15. The number of aromatic nitrogens is 6. The van der Waals surface area contributed by atoms with Crippen molar-refractivity contribution in [3.63, 3.8) is 0 Å². The molecule has 10 nitrogen and oxygen atoms in total. The minimum Gasteiger partial charge on any atom is -0.447 e. The highest BCUT2D eigenvalue weighted by Gasteiger charge is 2.41. The molecule has 4 aromatic rings. The van der Waals surface area contributed by atoms with Gasteiger partial charge in [0, 0.05) is 26.4 Å². The molecular weight excluding hydrogens is 529 g/mol. The number of cyclic esters (lactones) is 1. The number of carbonyl (C=O) groups is 1. The summed E-state index contributed by atoms with van der Waals surface area (Å²) in [5.74, 6) is 0.896. The van der Waals surface area contributed by atoms with Crippen LogP contribution in [0.5, 0.6) is 0 Å². The van der Waals surface area contributed by atoms with Gasteiger partial charge in [0.25, 0.3) is 0 Å². The lowest BCUT2D eigenvalue weighted by Gasteiger charge is -2.25. The van der Waals surface area contributed by atoms with Crippen molar-refractivity contribution in [3.8, 4) is 22.5 Å². The van der Waals surface area contributed by atoms with Crippen LogP contribution in [0.4, 0.5) is 15.0 Å². The summed E-state index contributed by atoms with van der Waals surface area (Å²) in [6.07, 6.45) is 8.98. The average Bonchev–Trinajstić information content (AvgIpc) is 3.72. The Bertz CT molecular complexity index is 1530. The van der Waals surface area contributed by atoms with Crippen LogP contribution >= 0.6 is 0 Å². The monoisotopic (exact) mass is 563 g/mol. The molecule has 1 aliphatic heterocycles. The smallest absolute Gasteiger partial charge is 0.415 e. The molecule has 2 fully saturated rings. The quantitative estimate of drug-likeness (QED) is 0.192. The Hall–Kier alpha value is -3.64. The Morgan fingerprint density at radius 1 is 1.12 bits per heavy atom. The van der Waals surface area contributed by atoms with Gasteiger partial charge < -0.3 is 9.47 Å². The van der Waals surface area contributed by atoms with Gasteiger partial charge in [0.2, 0.25) is 0 Å². The van der Waals surface area contributed by atoms with Gasteiger partial charge in [-0.15, -0.1) is 0 Å². The molecule has 1 aliphatic carbocycles. The number of carbonyl (C=O) groups excluding carboxylic acids is 1. The van der Waals surface area contributed by atoms with Gasteiger partial charge >= 0.3 is 6.09 Å². The van der Waals surface area contributed by atoms with E-state index in [-0.39, 0.29) is 18.9 Å². The molecule has 4 heterocycles. The zero-order valence-corrected chi connectivity index (χ0v) is 24.1. The Kier molecular flexibility index (Phi) is 7.13. The molecule has 2 aliphatic rings. The number of fused-ring (bicyclic) bond motifs is 1. The predicted molar refractivity (Wildman–Crippen MR) is 151 cm³/mol. The van der Waals surface area contributed by atoms with E-state index in [1.165, 1.54) is 25.2 Å². The fourth-order valence-corrected chi connectivity index (χ4v) is 6.30. The van der Waals surface area contributed by atoms with E-state index in [0.29, 0.717) is 53.1 Å². The van der Waals surface area contributed by atoms with Gasteiger partial charge in [-0.05, 0) is 48.6 Å². The van der Waals surface area contributed by atoms with Crippen LogP contribution in [0.25, 0.3) is 28.2 Å². The van der Waals surface area contributed by atoms with Crippen LogP contribution in [0.3, 0.4) is 0 Å². The van der Waals surface area contributed by atoms with Gasteiger partial charge in [0.15, 0.2) is 11.5 Å². The third-order valence-electron chi connectivity index (χ3n) is 7.80. The summed E-state index contributed by atoms with van der Waals surface area (Å²) in [6, 6.07) is 7.76. The van der Waals surface area contributed by atoms with Crippen molar-refractivity contribution in [1.82, 2.24) is 29.4 Å². The third-order valence-corrected chi connectivity index (χ3v) is 9.50. The summed E-state index contributed by atoms with van der Waals surface area (Å²) in [7, 11) is -1.21. The van der Waals surface area contributed by atoms with E-state index in [4.69, 9.17) is 14.5 Å². The van der Waals surface area contributed by atoms with Gasteiger partial charge in [-0.3, -0.25) is 4.90 Å². The number of ether oxygens (including phenoxy) is 2. The normalized spacial score (nSPS) is 18.2. The van der Waals surface area contributed by atoms with Crippen molar-refractivity contribution in [3.05, 3.63) is 48.8 Å². The van der Waals surface area contributed by atoms with Crippen LogP contribution in [0.1, 0.15) is 25.7 Å². The standard InChI is InChI=1S/C28H34FN7O3Si/c1-40(2,3)13-12-38-18-35-26(30-17-32-35)21-9-8-20(14-23(21)29)22-15-31-34-11-10-25(33-27(22)34)36-24(16-39-28(36)37)19-6-4-5-7-19/h8-11,14-15,17,19,24H,4-7,12-13,16,18H2,1-3H3/t24-/m1/s1. The first-order valence-corrected chi connectivity index (χ1v) is 17.6. The van der Waals surface area contributed by atoms with Crippen molar-refractivity contribution in [1.29, 1.82) is 0 Å². The number of benzene rings is 1. The number of halogens is 1. The average molecular weight is 564 g/mol. The lowest BCUT2D eigenvalue weighted by Crippen LogP contribution is -2.38. The fraction of sp³-hybridized carbons (Fsp3) is 0.464. The lowest BCUT2D eigenvalue weighted by atomic mass is 9.98. The molecule has 12 heteroatoms. The first-order chi connectivity index (χ1) is 19.3. The van der Waals surface area contributed by atoms with Gasteiger partial charge in [0.1, 0.15) is 31.3 Å². The first-order valence-electron chi connectivity index (χ1n) is 13.8. The van der Waals surface area contributed by atoms with Gasteiger partial charge in [-0.2, -0.15) is 10.2 Å². The van der Waals surface area contributed by atoms with Crippen LogP contribution in [0.2, 0.25) is 25.7 Å². The molecule has 0 unspecified atom stereocenters. The second kappa shape index (κ2) is 10.7. The number of anilines is 1.